The highest BCUT2D eigenvalue weighted by Gasteiger charge is 2.23. The number of guanidine groups is 1. The standard InChI is InChI=1S/C26H29FN4O3/c27-24-4-2-1-3-23(24)21-8-5-20(6-9-21)7-10-22-19-25(34-29-22)28-26(30-11-15-32-16-12-30)31-13-17-33-18-14-31/h1-6,8-9,19H,7,10-18H2. The zero-order valence-electron chi connectivity index (χ0n) is 19.2. The van der Waals surface area contributed by atoms with Crippen molar-refractivity contribution in [1.82, 2.24) is 15.0 Å². The number of aryl methyl sites for hydroxylation is 2. The van der Waals surface area contributed by atoms with Gasteiger partial charge in [-0.1, -0.05) is 47.6 Å². The van der Waals surface area contributed by atoms with Crippen molar-refractivity contribution in [2.24, 2.45) is 4.99 Å². The van der Waals surface area contributed by atoms with E-state index in [4.69, 9.17) is 19.0 Å². The number of ether oxygens (including phenoxy) is 2. The van der Waals surface area contributed by atoms with Crippen LogP contribution in [0.15, 0.2) is 64.1 Å². The molecule has 0 saturated carbocycles. The lowest BCUT2D eigenvalue weighted by Gasteiger charge is -2.37. The zero-order valence-corrected chi connectivity index (χ0v) is 19.2. The topological polar surface area (TPSA) is 63.3 Å². The Balaban J connectivity index is 1.25. The van der Waals surface area contributed by atoms with Gasteiger partial charge in [-0.2, -0.15) is 4.99 Å². The van der Waals surface area contributed by atoms with Crippen LogP contribution in [0, 0.1) is 5.82 Å². The van der Waals surface area contributed by atoms with E-state index in [0.29, 0.717) is 37.9 Å². The van der Waals surface area contributed by atoms with Gasteiger partial charge >= 0.3 is 0 Å². The van der Waals surface area contributed by atoms with E-state index in [2.05, 4.69) is 15.0 Å². The van der Waals surface area contributed by atoms with E-state index in [1.54, 1.807) is 12.1 Å². The maximum Gasteiger partial charge on any atom is 0.253 e. The van der Waals surface area contributed by atoms with Crippen molar-refractivity contribution in [3.63, 3.8) is 0 Å². The molecule has 2 saturated heterocycles. The molecular weight excluding hydrogens is 435 g/mol. The average Bonchev–Trinajstić information content (AvgIpc) is 3.35. The highest BCUT2D eigenvalue weighted by atomic mass is 19.1. The molecule has 7 nitrogen and oxygen atoms in total. The van der Waals surface area contributed by atoms with Gasteiger partial charge in [-0.15, -0.1) is 0 Å². The lowest BCUT2D eigenvalue weighted by Crippen LogP contribution is -2.52. The maximum atomic E-state index is 14.0. The summed E-state index contributed by atoms with van der Waals surface area (Å²) < 4.78 is 30.6. The van der Waals surface area contributed by atoms with Crippen LogP contribution in [0.25, 0.3) is 11.1 Å². The zero-order chi connectivity index (χ0) is 23.2. The molecule has 2 fully saturated rings. The number of benzene rings is 2. The third-order valence-corrected chi connectivity index (χ3v) is 6.15. The van der Waals surface area contributed by atoms with Gasteiger partial charge in [-0.05, 0) is 30.0 Å². The molecule has 178 valence electrons. The summed E-state index contributed by atoms with van der Waals surface area (Å²) in [5.74, 6) is 1.20. The summed E-state index contributed by atoms with van der Waals surface area (Å²) in [5, 5.41) is 4.23. The molecule has 0 spiro atoms. The minimum absolute atomic E-state index is 0.209. The Morgan fingerprint density at radius 2 is 1.50 bits per heavy atom. The molecule has 3 heterocycles. The molecule has 0 amide bonds. The second kappa shape index (κ2) is 10.8. The van der Waals surface area contributed by atoms with Crippen molar-refractivity contribution in [3.8, 4) is 11.1 Å². The number of hydrogen-bond acceptors (Lipinski definition) is 5. The van der Waals surface area contributed by atoms with Crippen LogP contribution in [-0.4, -0.2) is 73.5 Å². The smallest absolute Gasteiger partial charge is 0.253 e. The van der Waals surface area contributed by atoms with Crippen LogP contribution in [0.5, 0.6) is 0 Å². The number of morpholine rings is 2. The molecule has 0 atom stereocenters. The molecule has 2 aliphatic rings. The Labute approximate surface area is 198 Å². The summed E-state index contributed by atoms with van der Waals surface area (Å²) in [6.07, 6.45) is 1.55. The predicted molar refractivity (Wildman–Crippen MR) is 128 cm³/mol. The lowest BCUT2D eigenvalue weighted by atomic mass is 10.0. The minimum atomic E-state index is -0.209. The van der Waals surface area contributed by atoms with E-state index >= 15 is 0 Å². The Bertz CT molecular complexity index is 1080. The van der Waals surface area contributed by atoms with E-state index < -0.39 is 0 Å². The third kappa shape index (κ3) is 5.46. The van der Waals surface area contributed by atoms with E-state index in [9.17, 15) is 4.39 Å². The van der Waals surface area contributed by atoms with Crippen LogP contribution in [0.2, 0.25) is 0 Å². The number of nitrogens with zero attached hydrogens (tertiary/aromatic N) is 4. The van der Waals surface area contributed by atoms with Crippen LogP contribution in [0.3, 0.4) is 0 Å². The molecule has 0 aliphatic carbocycles. The fourth-order valence-corrected chi connectivity index (χ4v) is 4.26. The first-order valence-corrected chi connectivity index (χ1v) is 11.8. The van der Waals surface area contributed by atoms with Gasteiger partial charge in [0.05, 0.1) is 32.1 Å². The molecule has 34 heavy (non-hydrogen) atoms. The van der Waals surface area contributed by atoms with Crippen molar-refractivity contribution in [2.45, 2.75) is 12.8 Å². The number of aliphatic imine (C=N–C) groups is 1. The first-order chi connectivity index (χ1) is 16.8. The average molecular weight is 465 g/mol. The van der Waals surface area contributed by atoms with Crippen LogP contribution in [-0.2, 0) is 22.3 Å². The normalized spacial score (nSPS) is 16.5. The summed E-state index contributed by atoms with van der Waals surface area (Å²) in [4.78, 5) is 9.32. The Hall–Kier alpha value is -3.23. The van der Waals surface area contributed by atoms with Gasteiger partial charge in [-0.25, -0.2) is 4.39 Å². The van der Waals surface area contributed by atoms with Crippen molar-refractivity contribution >= 4 is 11.8 Å². The van der Waals surface area contributed by atoms with E-state index in [-0.39, 0.29) is 5.82 Å². The molecule has 2 aromatic carbocycles. The second-order valence-corrected chi connectivity index (χ2v) is 8.44. The highest BCUT2D eigenvalue weighted by Crippen LogP contribution is 2.24. The summed E-state index contributed by atoms with van der Waals surface area (Å²) in [5.41, 5.74) is 3.51. The Morgan fingerprint density at radius 1 is 0.853 bits per heavy atom. The van der Waals surface area contributed by atoms with Crippen molar-refractivity contribution < 1.29 is 18.4 Å². The molecule has 3 aromatic rings. The maximum absolute atomic E-state index is 14.0. The van der Waals surface area contributed by atoms with Crippen molar-refractivity contribution in [3.05, 3.63) is 71.7 Å². The number of halogens is 1. The summed E-state index contributed by atoms with van der Waals surface area (Å²) in [6, 6.07) is 16.7. The predicted octanol–water partition coefficient (Wildman–Crippen LogP) is 3.92. The van der Waals surface area contributed by atoms with Crippen molar-refractivity contribution in [1.29, 1.82) is 0 Å². The van der Waals surface area contributed by atoms with Crippen LogP contribution < -0.4 is 0 Å². The molecule has 0 radical (unpaired) electrons. The van der Waals surface area contributed by atoms with Gasteiger partial charge in [0.2, 0.25) is 5.96 Å². The first-order valence-electron chi connectivity index (χ1n) is 11.8. The van der Waals surface area contributed by atoms with Gasteiger partial charge in [0, 0.05) is 37.8 Å². The molecule has 0 bridgehead atoms. The van der Waals surface area contributed by atoms with Crippen LogP contribution >= 0.6 is 0 Å². The van der Waals surface area contributed by atoms with Crippen molar-refractivity contribution in [2.75, 3.05) is 52.6 Å². The molecular formula is C26H29FN4O3. The SMILES string of the molecule is Fc1ccccc1-c1ccc(CCc2cc(N=C(N3CCOCC3)N3CCOCC3)on2)cc1. The third-order valence-electron chi connectivity index (χ3n) is 6.15. The van der Waals surface area contributed by atoms with Gasteiger partial charge in [-0.3, -0.25) is 0 Å². The molecule has 0 N–H and O–H groups in total. The van der Waals surface area contributed by atoms with Crippen LogP contribution in [0.4, 0.5) is 10.3 Å². The van der Waals surface area contributed by atoms with E-state index in [1.807, 2.05) is 36.4 Å². The summed E-state index contributed by atoms with van der Waals surface area (Å²) >= 11 is 0. The van der Waals surface area contributed by atoms with E-state index in [1.165, 1.54) is 6.07 Å². The summed E-state index contributed by atoms with van der Waals surface area (Å²) in [7, 11) is 0. The molecule has 8 heteroatoms. The fraction of sp³-hybridized carbons (Fsp3) is 0.385. The quantitative estimate of drug-likeness (QED) is 0.421. The number of rotatable bonds is 5. The van der Waals surface area contributed by atoms with Gasteiger partial charge < -0.3 is 23.8 Å². The number of hydrogen-bond donors (Lipinski definition) is 0. The number of aromatic nitrogens is 1. The Kier molecular flexibility index (Phi) is 7.16. The first kappa shape index (κ1) is 22.6. The largest absolute Gasteiger partial charge is 0.378 e. The monoisotopic (exact) mass is 464 g/mol. The molecule has 0 unspecified atom stereocenters. The Morgan fingerprint density at radius 3 is 2.15 bits per heavy atom. The van der Waals surface area contributed by atoms with Gasteiger partial charge in [0.15, 0.2) is 0 Å². The summed E-state index contributed by atoms with van der Waals surface area (Å²) in [6.45, 7) is 6.00. The van der Waals surface area contributed by atoms with Crippen LogP contribution in [0.1, 0.15) is 11.3 Å². The highest BCUT2D eigenvalue weighted by molar-refractivity contribution is 5.82. The van der Waals surface area contributed by atoms with Gasteiger partial charge in [0.1, 0.15) is 5.82 Å². The van der Waals surface area contributed by atoms with Gasteiger partial charge in [0.25, 0.3) is 5.88 Å². The minimum Gasteiger partial charge on any atom is -0.378 e. The molecule has 2 aliphatic heterocycles. The lowest BCUT2D eigenvalue weighted by molar-refractivity contribution is 0.0421. The molecule has 1 aromatic heterocycles. The van der Waals surface area contributed by atoms with E-state index in [0.717, 1.165) is 61.8 Å². The fourth-order valence-electron chi connectivity index (χ4n) is 4.26. The molecule has 5 rings (SSSR count). The second-order valence-electron chi connectivity index (χ2n) is 8.44.